The molecule has 180 valence electrons. The summed E-state index contributed by atoms with van der Waals surface area (Å²) in [6, 6.07) is 22.1. The molecule has 0 radical (unpaired) electrons. The molecule has 9 heteroatoms. The largest absolute Gasteiger partial charge is 0.497 e. The summed E-state index contributed by atoms with van der Waals surface area (Å²) in [6.07, 6.45) is -1.03. The lowest BCUT2D eigenvalue weighted by molar-refractivity contribution is -0.123. The molecular weight excluding hydrogens is 476 g/mol. The number of methoxy groups -OCH3 is 1. The second kappa shape index (κ2) is 10.0. The van der Waals surface area contributed by atoms with E-state index in [1.807, 2.05) is 60.0 Å². The van der Waals surface area contributed by atoms with Gasteiger partial charge in [-0.25, -0.2) is 14.8 Å². The van der Waals surface area contributed by atoms with Crippen LogP contribution < -0.4 is 10.1 Å². The molecule has 0 fully saturated rings. The first-order valence-corrected chi connectivity index (χ1v) is 12.1. The van der Waals surface area contributed by atoms with Crippen LogP contribution in [0, 0.1) is 0 Å². The number of thiazole rings is 1. The van der Waals surface area contributed by atoms with Gasteiger partial charge in [0.1, 0.15) is 11.6 Å². The highest BCUT2D eigenvalue weighted by atomic mass is 32.1. The quantitative estimate of drug-likeness (QED) is 0.285. The van der Waals surface area contributed by atoms with Gasteiger partial charge in [-0.15, -0.1) is 11.3 Å². The van der Waals surface area contributed by atoms with Crippen LogP contribution in [0.4, 0.5) is 5.13 Å². The van der Waals surface area contributed by atoms with E-state index in [1.54, 1.807) is 25.3 Å². The average molecular weight is 499 g/mol. The Bertz CT molecular complexity index is 1510. The van der Waals surface area contributed by atoms with E-state index in [4.69, 9.17) is 9.47 Å². The Balaban J connectivity index is 1.27. The van der Waals surface area contributed by atoms with E-state index in [2.05, 4.69) is 20.3 Å². The second-order valence-corrected chi connectivity index (χ2v) is 8.81. The number of rotatable bonds is 7. The Hall–Kier alpha value is -4.50. The zero-order valence-electron chi connectivity index (χ0n) is 19.5. The number of anilines is 1. The summed E-state index contributed by atoms with van der Waals surface area (Å²) in [7, 11) is 1.61. The lowest BCUT2D eigenvalue weighted by Gasteiger charge is -2.13. The van der Waals surface area contributed by atoms with Crippen LogP contribution in [0.1, 0.15) is 17.3 Å². The van der Waals surface area contributed by atoms with Crippen molar-refractivity contribution in [2.75, 3.05) is 12.4 Å². The van der Waals surface area contributed by atoms with Gasteiger partial charge in [0.05, 0.1) is 29.4 Å². The van der Waals surface area contributed by atoms with E-state index in [-0.39, 0.29) is 0 Å². The number of para-hydroxylation sites is 2. The van der Waals surface area contributed by atoms with Crippen LogP contribution in [0.2, 0.25) is 0 Å². The first-order chi connectivity index (χ1) is 17.5. The average Bonchev–Trinajstić information content (AvgIpc) is 3.56. The van der Waals surface area contributed by atoms with Gasteiger partial charge in [-0.1, -0.05) is 30.3 Å². The number of benzene rings is 3. The number of nitrogens with one attached hydrogen (secondary N) is 2. The van der Waals surface area contributed by atoms with Crippen LogP contribution in [-0.2, 0) is 9.53 Å². The van der Waals surface area contributed by atoms with Gasteiger partial charge < -0.3 is 14.5 Å². The lowest BCUT2D eigenvalue weighted by Crippen LogP contribution is -2.30. The van der Waals surface area contributed by atoms with Crippen LogP contribution in [0.3, 0.4) is 0 Å². The maximum atomic E-state index is 13.0. The lowest BCUT2D eigenvalue weighted by atomic mass is 10.1. The molecule has 1 unspecified atom stereocenters. The number of esters is 1. The molecule has 0 aliphatic heterocycles. The molecule has 3 aromatic carbocycles. The molecule has 0 aliphatic carbocycles. The highest BCUT2D eigenvalue weighted by Crippen LogP contribution is 2.27. The summed E-state index contributed by atoms with van der Waals surface area (Å²) >= 11 is 1.29. The van der Waals surface area contributed by atoms with E-state index in [1.165, 1.54) is 18.3 Å². The van der Waals surface area contributed by atoms with Crippen molar-refractivity contribution in [1.29, 1.82) is 0 Å². The third kappa shape index (κ3) is 4.82. The van der Waals surface area contributed by atoms with Gasteiger partial charge in [0.2, 0.25) is 0 Å². The van der Waals surface area contributed by atoms with Gasteiger partial charge in [0, 0.05) is 16.5 Å². The number of hydrogen-bond acceptors (Lipinski definition) is 7. The van der Waals surface area contributed by atoms with Crippen molar-refractivity contribution in [3.63, 3.8) is 0 Å². The van der Waals surface area contributed by atoms with E-state index in [0.29, 0.717) is 22.1 Å². The summed E-state index contributed by atoms with van der Waals surface area (Å²) in [5.41, 5.74) is 4.18. The number of H-pyrrole nitrogens is 1. The van der Waals surface area contributed by atoms with Gasteiger partial charge in [-0.2, -0.15) is 0 Å². The smallest absolute Gasteiger partial charge is 0.339 e. The predicted molar refractivity (Wildman–Crippen MR) is 139 cm³/mol. The molecule has 8 nitrogen and oxygen atoms in total. The third-order valence-corrected chi connectivity index (χ3v) is 6.32. The number of nitrogens with zero attached hydrogens (tertiary/aromatic N) is 2. The van der Waals surface area contributed by atoms with Crippen molar-refractivity contribution < 1.29 is 19.1 Å². The topological polar surface area (TPSA) is 106 Å². The minimum Gasteiger partial charge on any atom is -0.497 e. The molecule has 1 amide bonds. The Labute approximate surface area is 210 Å². The SMILES string of the molecule is COc1ccc(-c2csc(NC(=O)C(C)OC(=O)c3ccccc3-c3nc4ccccc4[nH]3)n2)cc1. The first kappa shape index (κ1) is 23.3. The highest BCUT2D eigenvalue weighted by molar-refractivity contribution is 7.14. The third-order valence-electron chi connectivity index (χ3n) is 5.56. The maximum Gasteiger partial charge on any atom is 0.339 e. The number of imidazole rings is 1. The molecule has 1 atom stereocenters. The summed E-state index contributed by atoms with van der Waals surface area (Å²) in [4.78, 5) is 38.0. The Morgan fingerprint density at radius 3 is 2.50 bits per heavy atom. The molecule has 36 heavy (non-hydrogen) atoms. The van der Waals surface area contributed by atoms with Crippen molar-refractivity contribution in [3.05, 3.63) is 83.7 Å². The summed E-state index contributed by atoms with van der Waals surface area (Å²) < 4.78 is 10.7. The van der Waals surface area contributed by atoms with Gasteiger partial charge >= 0.3 is 5.97 Å². The Morgan fingerprint density at radius 1 is 0.972 bits per heavy atom. The maximum absolute atomic E-state index is 13.0. The molecule has 5 aromatic rings. The first-order valence-electron chi connectivity index (χ1n) is 11.2. The zero-order valence-corrected chi connectivity index (χ0v) is 20.3. The van der Waals surface area contributed by atoms with Crippen molar-refractivity contribution in [2.24, 2.45) is 0 Å². The number of aromatic amines is 1. The van der Waals surface area contributed by atoms with Crippen LogP contribution in [0.15, 0.2) is 78.2 Å². The van der Waals surface area contributed by atoms with Crippen LogP contribution in [0.25, 0.3) is 33.7 Å². The minimum atomic E-state index is -1.03. The fourth-order valence-corrected chi connectivity index (χ4v) is 4.38. The molecule has 2 heterocycles. The van der Waals surface area contributed by atoms with Gasteiger partial charge in [0.25, 0.3) is 5.91 Å². The standard InChI is InChI=1S/C27H22N4O4S/c1-16(25(32)31-27-30-23(15-36-27)17-11-13-18(34-2)14-12-17)35-26(33)20-8-4-3-7-19(20)24-28-21-9-5-6-10-22(21)29-24/h3-16H,1-2H3,(H,28,29)(H,30,31,32). The number of amides is 1. The molecule has 0 saturated heterocycles. The Morgan fingerprint density at radius 2 is 1.72 bits per heavy atom. The van der Waals surface area contributed by atoms with E-state index in [0.717, 1.165) is 28.0 Å². The van der Waals surface area contributed by atoms with Crippen molar-refractivity contribution in [1.82, 2.24) is 15.0 Å². The fraction of sp³-hybridized carbons (Fsp3) is 0.111. The highest BCUT2D eigenvalue weighted by Gasteiger charge is 2.23. The van der Waals surface area contributed by atoms with Crippen molar-refractivity contribution >= 4 is 39.4 Å². The van der Waals surface area contributed by atoms with Crippen molar-refractivity contribution in [3.8, 4) is 28.4 Å². The summed E-state index contributed by atoms with van der Waals surface area (Å²) in [5.74, 6) is 0.210. The van der Waals surface area contributed by atoms with E-state index in [9.17, 15) is 9.59 Å². The molecule has 5 rings (SSSR count). The fourth-order valence-electron chi connectivity index (χ4n) is 3.66. The number of fused-ring (bicyclic) bond motifs is 1. The van der Waals surface area contributed by atoms with Crippen LogP contribution in [0.5, 0.6) is 5.75 Å². The van der Waals surface area contributed by atoms with Gasteiger partial charge in [-0.05, 0) is 49.4 Å². The van der Waals surface area contributed by atoms with Crippen molar-refractivity contribution in [2.45, 2.75) is 13.0 Å². The molecule has 0 spiro atoms. The number of carbonyl (C=O) groups is 2. The van der Waals surface area contributed by atoms with E-state index < -0.39 is 18.0 Å². The monoisotopic (exact) mass is 498 g/mol. The second-order valence-electron chi connectivity index (χ2n) is 7.95. The number of aromatic nitrogens is 3. The zero-order chi connectivity index (χ0) is 25.1. The molecule has 2 N–H and O–H groups in total. The minimum absolute atomic E-state index is 0.312. The number of carbonyl (C=O) groups excluding carboxylic acids is 2. The summed E-state index contributed by atoms with van der Waals surface area (Å²) in [6.45, 7) is 1.52. The Kier molecular flexibility index (Phi) is 6.46. The molecular formula is C27H22N4O4S. The van der Waals surface area contributed by atoms with Gasteiger partial charge in [-0.3, -0.25) is 10.1 Å². The van der Waals surface area contributed by atoms with Crippen LogP contribution >= 0.6 is 11.3 Å². The van der Waals surface area contributed by atoms with Gasteiger partial charge in [0.15, 0.2) is 11.2 Å². The van der Waals surface area contributed by atoms with Crippen LogP contribution in [-0.4, -0.2) is 40.0 Å². The summed E-state index contributed by atoms with van der Waals surface area (Å²) in [5, 5.41) is 4.98. The number of ether oxygens (including phenoxy) is 2. The van der Waals surface area contributed by atoms with E-state index >= 15 is 0 Å². The molecule has 0 aliphatic rings. The number of hydrogen-bond donors (Lipinski definition) is 2. The predicted octanol–water partition coefficient (Wildman–Crippen LogP) is 5.55. The normalized spacial score (nSPS) is 11.7. The molecule has 2 aromatic heterocycles. The molecule has 0 saturated carbocycles. The molecule has 0 bridgehead atoms.